The molecule has 0 fully saturated rings. The van der Waals surface area contributed by atoms with Crippen LogP contribution in [-0.4, -0.2) is 17.5 Å². The molecule has 0 saturated heterocycles. The van der Waals surface area contributed by atoms with Gasteiger partial charge in [-0.15, -0.1) is 0 Å². The van der Waals surface area contributed by atoms with Crippen LogP contribution in [0.2, 0.25) is 0 Å². The average molecular weight is 362 g/mol. The number of carbonyl (C=O) groups is 1. The number of ether oxygens (including phenoxy) is 1. The maximum Gasteiger partial charge on any atom is 0.262 e. The summed E-state index contributed by atoms with van der Waals surface area (Å²) in [6, 6.07) is 20.2. The summed E-state index contributed by atoms with van der Waals surface area (Å²) in [6.07, 6.45) is 0. The Morgan fingerprint density at radius 1 is 1.04 bits per heavy atom. The number of nitrogens with zero attached hydrogens (tertiary/aromatic N) is 1. The van der Waals surface area contributed by atoms with Crippen LogP contribution in [0, 0.1) is 5.82 Å². The lowest BCUT2D eigenvalue weighted by molar-refractivity contribution is -0.118. The summed E-state index contributed by atoms with van der Waals surface area (Å²) >= 11 is 0. The van der Waals surface area contributed by atoms with Crippen molar-refractivity contribution in [2.45, 2.75) is 0 Å². The molecule has 5 nitrogen and oxygen atoms in total. The van der Waals surface area contributed by atoms with Gasteiger partial charge in [0, 0.05) is 17.3 Å². The van der Waals surface area contributed by atoms with Crippen molar-refractivity contribution < 1.29 is 18.3 Å². The predicted octanol–water partition coefficient (Wildman–Crippen LogP) is 4.65. The van der Waals surface area contributed by atoms with E-state index in [2.05, 4.69) is 10.3 Å². The second-order valence-electron chi connectivity index (χ2n) is 5.86. The highest BCUT2D eigenvalue weighted by Gasteiger charge is 2.10. The molecule has 4 rings (SSSR count). The van der Waals surface area contributed by atoms with Gasteiger partial charge in [-0.3, -0.25) is 4.79 Å². The summed E-state index contributed by atoms with van der Waals surface area (Å²) in [4.78, 5) is 16.4. The molecule has 1 amide bonds. The first kappa shape index (κ1) is 16.8. The Kier molecular flexibility index (Phi) is 4.53. The third kappa shape index (κ3) is 3.95. The third-order valence-corrected chi connectivity index (χ3v) is 3.88. The SMILES string of the molecule is O=C(COc1ccccc1)Nc1ccc2nc(-c3ccc(F)cc3)oc2c1. The van der Waals surface area contributed by atoms with Gasteiger partial charge in [0.15, 0.2) is 12.2 Å². The quantitative estimate of drug-likeness (QED) is 0.561. The number of rotatable bonds is 5. The number of benzene rings is 3. The van der Waals surface area contributed by atoms with Crippen molar-refractivity contribution >= 4 is 22.7 Å². The molecule has 0 spiro atoms. The number of oxazole rings is 1. The van der Waals surface area contributed by atoms with Crippen LogP contribution in [-0.2, 0) is 4.79 Å². The number of nitrogens with one attached hydrogen (secondary N) is 1. The Morgan fingerprint density at radius 3 is 2.59 bits per heavy atom. The molecule has 27 heavy (non-hydrogen) atoms. The van der Waals surface area contributed by atoms with Crippen LogP contribution in [0.15, 0.2) is 77.2 Å². The average Bonchev–Trinajstić information content (AvgIpc) is 3.11. The first-order valence-electron chi connectivity index (χ1n) is 8.32. The minimum atomic E-state index is -0.322. The van der Waals surface area contributed by atoms with E-state index in [1.807, 2.05) is 18.2 Å². The summed E-state index contributed by atoms with van der Waals surface area (Å²) in [5.74, 6) is 0.414. The molecule has 0 aliphatic carbocycles. The molecule has 1 aromatic heterocycles. The molecule has 1 heterocycles. The van der Waals surface area contributed by atoms with Gasteiger partial charge < -0.3 is 14.5 Å². The number of hydrogen-bond donors (Lipinski definition) is 1. The first-order valence-corrected chi connectivity index (χ1v) is 8.32. The zero-order chi connectivity index (χ0) is 18.6. The zero-order valence-corrected chi connectivity index (χ0v) is 14.2. The molecule has 0 aliphatic heterocycles. The predicted molar refractivity (Wildman–Crippen MR) is 100.0 cm³/mol. The Labute approximate surface area is 154 Å². The van der Waals surface area contributed by atoms with Crippen LogP contribution in [0.4, 0.5) is 10.1 Å². The highest BCUT2D eigenvalue weighted by atomic mass is 19.1. The van der Waals surface area contributed by atoms with Gasteiger partial charge in [0.2, 0.25) is 5.89 Å². The maximum absolute atomic E-state index is 13.1. The normalized spacial score (nSPS) is 10.7. The summed E-state index contributed by atoms with van der Waals surface area (Å²) in [5.41, 5.74) is 2.42. The van der Waals surface area contributed by atoms with E-state index in [9.17, 15) is 9.18 Å². The van der Waals surface area contributed by atoms with E-state index in [0.29, 0.717) is 34.0 Å². The molecular weight excluding hydrogens is 347 g/mol. The van der Waals surface area contributed by atoms with Gasteiger partial charge in [-0.2, -0.15) is 0 Å². The van der Waals surface area contributed by atoms with Gasteiger partial charge in [-0.25, -0.2) is 9.37 Å². The first-order chi connectivity index (χ1) is 13.2. The third-order valence-electron chi connectivity index (χ3n) is 3.88. The number of hydrogen-bond acceptors (Lipinski definition) is 4. The molecular formula is C21H15FN2O3. The van der Waals surface area contributed by atoms with Gasteiger partial charge >= 0.3 is 0 Å². The van der Waals surface area contributed by atoms with Crippen molar-refractivity contribution in [1.82, 2.24) is 4.98 Å². The van der Waals surface area contributed by atoms with Crippen LogP contribution in [0.1, 0.15) is 0 Å². The second kappa shape index (κ2) is 7.29. The maximum atomic E-state index is 13.1. The molecule has 0 saturated carbocycles. The monoisotopic (exact) mass is 362 g/mol. The lowest BCUT2D eigenvalue weighted by Gasteiger charge is -2.07. The van der Waals surface area contributed by atoms with Crippen LogP contribution in [0.3, 0.4) is 0 Å². The van der Waals surface area contributed by atoms with Gasteiger partial charge in [-0.1, -0.05) is 18.2 Å². The number of halogens is 1. The fourth-order valence-electron chi connectivity index (χ4n) is 2.58. The summed E-state index contributed by atoms with van der Waals surface area (Å²) < 4.78 is 24.2. The summed E-state index contributed by atoms with van der Waals surface area (Å²) in [6.45, 7) is -0.0979. The number of carbonyl (C=O) groups excluding carboxylic acids is 1. The smallest absolute Gasteiger partial charge is 0.262 e. The van der Waals surface area contributed by atoms with E-state index in [4.69, 9.17) is 9.15 Å². The van der Waals surface area contributed by atoms with E-state index in [0.717, 1.165) is 0 Å². The standard InChI is InChI=1S/C21H15FN2O3/c22-15-8-6-14(7-9-15)21-24-18-11-10-16(12-19(18)27-21)23-20(25)13-26-17-4-2-1-3-5-17/h1-12H,13H2,(H,23,25). The van der Waals surface area contributed by atoms with Crippen molar-refractivity contribution in [3.63, 3.8) is 0 Å². The van der Waals surface area contributed by atoms with Gasteiger partial charge in [0.1, 0.15) is 17.1 Å². The largest absolute Gasteiger partial charge is 0.484 e. The highest BCUT2D eigenvalue weighted by molar-refractivity contribution is 5.93. The Bertz CT molecular complexity index is 1080. The van der Waals surface area contributed by atoms with E-state index < -0.39 is 0 Å². The molecule has 6 heteroatoms. The minimum Gasteiger partial charge on any atom is -0.484 e. The van der Waals surface area contributed by atoms with E-state index in [1.54, 1.807) is 42.5 Å². The van der Waals surface area contributed by atoms with Crippen LogP contribution < -0.4 is 10.1 Å². The molecule has 3 aromatic carbocycles. The van der Waals surface area contributed by atoms with Crippen LogP contribution in [0.5, 0.6) is 5.75 Å². The van der Waals surface area contributed by atoms with E-state index in [1.165, 1.54) is 12.1 Å². The Hall–Kier alpha value is -3.67. The van der Waals surface area contributed by atoms with E-state index >= 15 is 0 Å². The number of para-hydroxylation sites is 1. The van der Waals surface area contributed by atoms with Gasteiger partial charge in [0.05, 0.1) is 0 Å². The molecule has 0 radical (unpaired) electrons. The summed E-state index contributed by atoms with van der Waals surface area (Å²) in [7, 11) is 0. The highest BCUT2D eigenvalue weighted by Crippen LogP contribution is 2.26. The fraction of sp³-hybridized carbons (Fsp3) is 0.0476. The van der Waals surface area contributed by atoms with Crippen molar-refractivity contribution in [3.05, 3.63) is 78.6 Å². The number of aromatic nitrogens is 1. The van der Waals surface area contributed by atoms with Gasteiger partial charge in [0.25, 0.3) is 5.91 Å². The molecule has 0 atom stereocenters. The molecule has 0 unspecified atom stereocenters. The fourth-order valence-corrected chi connectivity index (χ4v) is 2.58. The van der Waals surface area contributed by atoms with Crippen LogP contribution >= 0.6 is 0 Å². The second-order valence-corrected chi connectivity index (χ2v) is 5.86. The molecule has 1 N–H and O–H groups in total. The Balaban J connectivity index is 1.46. The van der Waals surface area contributed by atoms with Crippen molar-refractivity contribution in [2.75, 3.05) is 11.9 Å². The Morgan fingerprint density at radius 2 is 1.81 bits per heavy atom. The van der Waals surface area contributed by atoms with E-state index in [-0.39, 0.29) is 18.3 Å². The van der Waals surface area contributed by atoms with Crippen molar-refractivity contribution in [3.8, 4) is 17.2 Å². The molecule has 0 aliphatic rings. The van der Waals surface area contributed by atoms with Crippen LogP contribution in [0.25, 0.3) is 22.6 Å². The minimum absolute atomic E-state index is 0.0979. The lowest BCUT2D eigenvalue weighted by atomic mass is 10.2. The summed E-state index contributed by atoms with van der Waals surface area (Å²) in [5, 5.41) is 2.76. The van der Waals surface area contributed by atoms with Gasteiger partial charge in [-0.05, 0) is 48.5 Å². The topological polar surface area (TPSA) is 64.4 Å². The van der Waals surface area contributed by atoms with Crippen molar-refractivity contribution in [1.29, 1.82) is 0 Å². The molecule has 134 valence electrons. The number of anilines is 1. The zero-order valence-electron chi connectivity index (χ0n) is 14.2. The molecule has 4 aromatic rings. The number of amides is 1. The molecule has 0 bridgehead atoms. The van der Waals surface area contributed by atoms with Crippen molar-refractivity contribution in [2.24, 2.45) is 0 Å². The number of fused-ring (bicyclic) bond motifs is 1. The lowest BCUT2D eigenvalue weighted by Crippen LogP contribution is -2.20.